The van der Waals surface area contributed by atoms with Crippen molar-refractivity contribution in [1.29, 1.82) is 0 Å². The maximum atomic E-state index is 12.5. The molecule has 1 saturated heterocycles. The second-order valence-electron chi connectivity index (χ2n) is 8.56. The second kappa shape index (κ2) is 3.92. The van der Waals surface area contributed by atoms with Gasteiger partial charge >= 0.3 is 11.9 Å². The van der Waals surface area contributed by atoms with Gasteiger partial charge in [0.15, 0.2) is 0 Å². The van der Waals surface area contributed by atoms with Gasteiger partial charge in [0.25, 0.3) is 0 Å². The molecule has 26 heavy (non-hydrogen) atoms. The number of cyclic esters (lactones) is 2. The summed E-state index contributed by atoms with van der Waals surface area (Å²) >= 11 is 0. The largest absolute Gasteiger partial charge is 0.393 e. The molecule has 6 heteroatoms. The molecule has 7 rings (SSSR count). The molecule has 0 unspecified atom stereocenters. The van der Waals surface area contributed by atoms with E-state index in [4.69, 9.17) is 9.85 Å². The Hall–Kier alpha value is -2.50. The first kappa shape index (κ1) is 13.7. The van der Waals surface area contributed by atoms with E-state index in [0.29, 0.717) is 11.8 Å². The fourth-order valence-electron chi connectivity index (χ4n) is 7.66. The van der Waals surface area contributed by atoms with E-state index in [0.717, 1.165) is 18.5 Å². The Balaban J connectivity index is 1.50. The summed E-state index contributed by atoms with van der Waals surface area (Å²) in [6, 6.07) is 10.1. The normalized spacial score (nSPS) is 51.2. The molecule has 6 aliphatic rings. The van der Waals surface area contributed by atoms with E-state index < -0.39 is 5.54 Å². The third kappa shape index (κ3) is 1.08. The third-order valence-electron chi connectivity index (χ3n) is 8.14. The van der Waals surface area contributed by atoms with Gasteiger partial charge in [0.05, 0.1) is 17.5 Å². The number of rotatable bonds is 1. The summed E-state index contributed by atoms with van der Waals surface area (Å²) in [6.07, 6.45) is 6.48. The van der Waals surface area contributed by atoms with Gasteiger partial charge in [-0.1, -0.05) is 35.6 Å². The molecule has 0 aromatic heterocycles. The number of carbonyl (C=O) groups excluding carboxylic acids is 2. The van der Waals surface area contributed by atoms with E-state index in [1.165, 1.54) is 0 Å². The monoisotopic (exact) mass is 347 g/mol. The van der Waals surface area contributed by atoms with Crippen LogP contribution in [0.4, 0.5) is 5.69 Å². The van der Waals surface area contributed by atoms with E-state index in [-0.39, 0.29) is 41.1 Å². The van der Waals surface area contributed by atoms with Crippen molar-refractivity contribution in [2.75, 3.05) is 5.01 Å². The van der Waals surface area contributed by atoms with E-state index in [1.54, 1.807) is 0 Å². The zero-order valence-electron chi connectivity index (χ0n) is 14.0. The topological polar surface area (TPSA) is 71.3 Å². The number of benzene rings is 1. The summed E-state index contributed by atoms with van der Waals surface area (Å²) in [6.45, 7) is 0. The SMILES string of the molecule is O=C1OC(=O)[C@H]2[C@H]1[C@H]1C[C@H]2[C@@]23[C@@H]4C=C[C@@H](C4)[C@]12N=NN3c1ccccc1. The number of ether oxygens (including phenoxy) is 1. The van der Waals surface area contributed by atoms with E-state index in [2.05, 4.69) is 34.5 Å². The van der Waals surface area contributed by atoms with Gasteiger partial charge in [-0.25, -0.2) is 5.01 Å². The Morgan fingerprint density at radius 1 is 0.962 bits per heavy atom. The van der Waals surface area contributed by atoms with E-state index in [1.807, 2.05) is 18.2 Å². The highest BCUT2D eigenvalue weighted by atomic mass is 16.6. The van der Waals surface area contributed by atoms with Gasteiger partial charge in [0, 0.05) is 23.7 Å². The fourth-order valence-corrected chi connectivity index (χ4v) is 7.66. The maximum absolute atomic E-state index is 12.5. The summed E-state index contributed by atoms with van der Waals surface area (Å²) in [7, 11) is 0. The lowest BCUT2D eigenvalue weighted by Gasteiger charge is -2.52. The zero-order valence-corrected chi connectivity index (χ0v) is 14.0. The molecule has 2 aliphatic heterocycles. The standard InChI is InChI=1S/C20H17N3O3/c24-17-15-13-9-14(16(15)18(25)26-17)20-11-7-6-10(8-11)19(13,20)21-22-23(20)12-4-2-1-3-5-12/h1-7,10-11,13-16H,8-9H2/t10-,11+,13+,14+,15+,16+,19-,20-/m0/s1. The summed E-state index contributed by atoms with van der Waals surface area (Å²) < 4.78 is 5.08. The van der Waals surface area contributed by atoms with Crippen LogP contribution in [0.25, 0.3) is 0 Å². The molecule has 6 nitrogen and oxygen atoms in total. The smallest absolute Gasteiger partial charge is 0.317 e. The van der Waals surface area contributed by atoms with Gasteiger partial charge in [0.2, 0.25) is 0 Å². The number of anilines is 1. The van der Waals surface area contributed by atoms with Crippen molar-refractivity contribution in [3.63, 3.8) is 0 Å². The molecular weight excluding hydrogens is 330 g/mol. The first-order valence-corrected chi connectivity index (χ1v) is 9.41. The lowest BCUT2D eigenvalue weighted by Crippen LogP contribution is -2.67. The molecule has 130 valence electrons. The molecule has 0 spiro atoms. The predicted octanol–water partition coefficient (Wildman–Crippen LogP) is 2.52. The average Bonchev–Trinajstić information content (AvgIpc) is 3.43. The van der Waals surface area contributed by atoms with Crippen LogP contribution in [0, 0.1) is 35.5 Å². The number of nitrogens with zero attached hydrogens (tertiary/aromatic N) is 3. The molecule has 4 aliphatic carbocycles. The molecule has 1 aromatic rings. The van der Waals surface area contributed by atoms with Crippen LogP contribution in [0.1, 0.15) is 12.8 Å². The van der Waals surface area contributed by atoms with Crippen LogP contribution >= 0.6 is 0 Å². The Morgan fingerprint density at radius 3 is 2.50 bits per heavy atom. The molecule has 1 aromatic carbocycles. The number of fused-ring (bicyclic) bond motifs is 7. The molecule has 2 heterocycles. The first-order chi connectivity index (χ1) is 12.7. The van der Waals surface area contributed by atoms with Crippen LogP contribution < -0.4 is 5.01 Å². The van der Waals surface area contributed by atoms with Gasteiger partial charge in [0.1, 0.15) is 11.1 Å². The number of para-hydroxylation sites is 1. The maximum Gasteiger partial charge on any atom is 0.317 e. The Kier molecular flexibility index (Phi) is 2.06. The lowest BCUT2D eigenvalue weighted by atomic mass is 9.56. The van der Waals surface area contributed by atoms with Crippen molar-refractivity contribution in [2.45, 2.75) is 23.9 Å². The number of hydrogen-bond acceptors (Lipinski definition) is 6. The third-order valence-corrected chi connectivity index (χ3v) is 8.14. The minimum Gasteiger partial charge on any atom is -0.393 e. The van der Waals surface area contributed by atoms with Crippen molar-refractivity contribution in [1.82, 2.24) is 0 Å². The van der Waals surface area contributed by atoms with Crippen molar-refractivity contribution in [3.05, 3.63) is 42.5 Å². The number of hydrogen-bond donors (Lipinski definition) is 0. The van der Waals surface area contributed by atoms with Crippen molar-refractivity contribution in [3.8, 4) is 0 Å². The Bertz CT molecular complexity index is 943. The van der Waals surface area contributed by atoms with Crippen LogP contribution in [-0.2, 0) is 14.3 Å². The summed E-state index contributed by atoms with van der Waals surface area (Å²) in [5.41, 5.74) is 0.293. The summed E-state index contributed by atoms with van der Waals surface area (Å²) in [5.74, 6) is -0.615. The average molecular weight is 347 g/mol. The van der Waals surface area contributed by atoms with Crippen molar-refractivity contribution in [2.24, 2.45) is 45.8 Å². The van der Waals surface area contributed by atoms with E-state index in [9.17, 15) is 9.59 Å². The molecular formula is C20H17N3O3. The Labute approximate surface area is 149 Å². The van der Waals surface area contributed by atoms with Crippen molar-refractivity contribution < 1.29 is 14.3 Å². The van der Waals surface area contributed by atoms with Crippen LogP contribution in [0.2, 0.25) is 0 Å². The first-order valence-electron chi connectivity index (χ1n) is 9.41. The minimum atomic E-state index is -0.391. The van der Waals surface area contributed by atoms with Crippen molar-refractivity contribution >= 4 is 17.6 Å². The highest BCUT2D eigenvalue weighted by molar-refractivity contribution is 5.98. The highest BCUT2D eigenvalue weighted by Gasteiger charge is 2.88. The quantitative estimate of drug-likeness (QED) is 0.445. The second-order valence-corrected chi connectivity index (χ2v) is 8.56. The minimum absolute atomic E-state index is 0.0499. The van der Waals surface area contributed by atoms with Gasteiger partial charge < -0.3 is 4.74 Å². The van der Waals surface area contributed by atoms with Crippen LogP contribution in [0.3, 0.4) is 0 Å². The molecule has 8 atom stereocenters. The summed E-state index contributed by atoms with van der Waals surface area (Å²) in [5, 5.41) is 11.7. The molecule has 4 fully saturated rings. The molecule has 3 saturated carbocycles. The molecule has 0 radical (unpaired) electrons. The molecule has 0 amide bonds. The summed E-state index contributed by atoms with van der Waals surface area (Å²) in [4.78, 5) is 25.0. The van der Waals surface area contributed by atoms with Gasteiger partial charge in [-0.2, -0.15) is 5.11 Å². The number of esters is 2. The van der Waals surface area contributed by atoms with Gasteiger partial charge in [-0.3, -0.25) is 9.59 Å². The lowest BCUT2D eigenvalue weighted by molar-refractivity contribution is -0.154. The van der Waals surface area contributed by atoms with Crippen LogP contribution in [0.15, 0.2) is 52.8 Å². The van der Waals surface area contributed by atoms with E-state index >= 15 is 0 Å². The number of carbonyl (C=O) groups is 2. The predicted molar refractivity (Wildman–Crippen MR) is 89.7 cm³/mol. The Morgan fingerprint density at radius 2 is 1.69 bits per heavy atom. The highest BCUT2D eigenvalue weighted by Crippen LogP contribution is 2.78. The van der Waals surface area contributed by atoms with Crippen LogP contribution in [-0.4, -0.2) is 23.0 Å². The van der Waals surface area contributed by atoms with Gasteiger partial charge in [-0.15, -0.1) is 0 Å². The molecule has 4 bridgehead atoms. The van der Waals surface area contributed by atoms with Gasteiger partial charge in [-0.05, 0) is 25.0 Å². The fraction of sp³-hybridized carbons (Fsp3) is 0.500. The molecule has 0 N–H and O–H groups in total. The van der Waals surface area contributed by atoms with Crippen LogP contribution in [0.5, 0.6) is 0 Å². The zero-order chi connectivity index (χ0) is 17.3.